The van der Waals surface area contributed by atoms with Crippen LogP contribution < -0.4 is 0 Å². The molecule has 0 bridgehead atoms. The van der Waals surface area contributed by atoms with Gasteiger partial charge in [0.05, 0.1) is 16.6 Å². The van der Waals surface area contributed by atoms with E-state index >= 15 is 0 Å². The first-order valence-electron chi connectivity index (χ1n) is 9.72. The van der Waals surface area contributed by atoms with Crippen LogP contribution in [0.25, 0.3) is 49.5 Å². The van der Waals surface area contributed by atoms with Gasteiger partial charge in [-0.2, -0.15) is 0 Å². The summed E-state index contributed by atoms with van der Waals surface area (Å²) < 4.78 is 2.34. The number of imidazole rings is 1. The molecule has 0 radical (unpaired) electrons. The fourth-order valence-electron chi connectivity index (χ4n) is 4.99. The molecule has 0 atom stereocenters. The minimum Gasteiger partial charge on any atom is -0.292 e. The van der Waals surface area contributed by atoms with Gasteiger partial charge in [0.15, 0.2) is 0 Å². The molecule has 130 valence electrons. The summed E-state index contributed by atoms with van der Waals surface area (Å²) in [6.45, 7) is 0. The van der Waals surface area contributed by atoms with E-state index in [2.05, 4.69) is 89.3 Å². The second-order valence-corrected chi connectivity index (χ2v) is 7.63. The van der Waals surface area contributed by atoms with Gasteiger partial charge in [-0.1, -0.05) is 72.8 Å². The summed E-state index contributed by atoms with van der Waals surface area (Å²) >= 11 is 0. The zero-order valence-corrected chi connectivity index (χ0v) is 15.2. The van der Waals surface area contributed by atoms with Gasteiger partial charge in [-0.05, 0) is 40.6 Å². The average Bonchev–Trinajstić information content (AvgIpc) is 3.32. The molecule has 0 N–H and O–H groups in total. The number of nitrogens with zero attached hydrogens (tertiary/aromatic N) is 2. The second kappa shape index (κ2) is 4.99. The molecule has 0 unspecified atom stereocenters. The number of pyridine rings is 1. The van der Waals surface area contributed by atoms with E-state index in [0.717, 1.165) is 17.6 Å². The highest BCUT2D eigenvalue weighted by Gasteiger charge is 2.23. The first-order chi connectivity index (χ1) is 13.9. The molecule has 0 saturated carbocycles. The Morgan fingerprint density at radius 3 is 2.29 bits per heavy atom. The predicted octanol–water partition coefficient (Wildman–Crippen LogP) is 6.37. The first kappa shape index (κ1) is 14.4. The largest absolute Gasteiger partial charge is 0.292 e. The van der Waals surface area contributed by atoms with Gasteiger partial charge >= 0.3 is 0 Å². The molecule has 2 heteroatoms. The summed E-state index contributed by atoms with van der Waals surface area (Å²) in [5.41, 5.74) is 9.98. The molecule has 1 aliphatic rings. The first-order valence-corrected chi connectivity index (χ1v) is 9.72. The van der Waals surface area contributed by atoms with Crippen LogP contribution in [0.2, 0.25) is 0 Å². The van der Waals surface area contributed by atoms with Gasteiger partial charge in [-0.25, -0.2) is 4.98 Å². The van der Waals surface area contributed by atoms with E-state index in [1.807, 2.05) is 0 Å². The van der Waals surface area contributed by atoms with Crippen molar-refractivity contribution in [3.8, 4) is 11.1 Å². The Balaban J connectivity index is 1.77. The molecule has 7 rings (SSSR count). The quantitative estimate of drug-likeness (QED) is 0.289. The second-order valence-electron chi connectivity index (χ2n) is 7.63. The van der Waals surface area contributed by atoms with E-state index in [0.29, 0.717) is 0 Å². The summed E-state index contributed by atoms with van der Waals surface area (Å²) in [5, 5.41) is 3.74. The third kappa shape index (κ3) is 1.66. The van der Waals surface area contributed by atoms with Gasteiger partial charge in [0.2, 0.25) is 0 Å². The summed E-state index contributed by atoms with van der Waals surface area (Å²) in [7, 11) is 0. The van der Waals surface area contributed by atoms with E-state index in [1.165, 1.54) is 49.4 Å². The molecule has 4 aromatic carbocycles. The van der Waals surface area contributed by atoms with Crippen molar-refractivity contribution in [2.45, 2.75) is 6.42 Å². The maximum atomic E-state index is 5.23. The molecule has 28 heavy (non-hydrogen) atoms. The number of rotatable bonds is 0. The number of para-hydroxylation sites is 1. The molecule has 0 saturated heterocycles. The summed E-state index contributed by atoms with van der Waals surface area (Å²) in [6, 6.07) is 30.5. The molecule has 2 nitrogen and oxygen atoms in total. The van der Waals surface area contributed by atoms with E-state index in [-0.39, 0.29) is 0 Å². The molecule has 0 spiro atoms. The van der Waals surface area contributed by atoms with Gasteiger partial charge in [-0.15, -0.1) is 0 Å². The van der Waals surface area contributed by atoms with Crippen molar-refractivity contribution >= 4 is 38.4 Å². The van der Waals surface area contributed by atoms with Crippen LogP contribution >= 0.6 is 0 Å². The summed E-state index contributed by atoms with van der Waals surface area (Å²) in [6.07, 6.45) is 0.997. The Morgan fingerprint density at radius 1 is 0.607 bits per heavy atom. The molecular formula is C26H16N2. The molecular weight excluding hydrogens is 340 g/mol. The smallest absolute Gasteiger partial charge is 0.146 e. The van der Waals surface area contributed by atoms with Crippen LogP contribution in [0.5, 0.6) is 0 Å². The Hall–Kier alpha value is -3.65. The summed E-state index contributed by atoms with van der Waals surface area (Å²) in [5.74, 6) is 0. The van der Waals surface area contributed by atoms with Gasteiger partial charge in [0, 0.05) is 16.3 Å². The number of fused-ring (bicyclic) bond motifs is 12. The van der Waals surface area contributed by atoms with Crippen molar-refractivity contribution < 1.29 is 0 Å². The minimum atomic E-state index is 0.997. The lowest BCUT2D eigenvalue weighted by Crippen LogP contribution is -1.91. The van der Waals surface area contributed by atoms with Crippen LogP contribution in [0, 0.1) is 0 Å². The fourth-order valence-corrected chi connectivity index (χ4v) is 4.99. The SMILES string of the molecule is c1ccc2c(c1)Cc1ccc3c(nc4c5ccccc5c5ccccc5n34)c1-2. The van der Waals surface area contributed by atoms with Crippen LogP contribution in [0.15, 0.2) is 84.9 Å². The zero-order chi connectivity index (χ0) is 18.2. The highest BCUT2D eigenvalue weighted by Crippen LogP contribution is 2.42. The highest BCUT2D eigenvalue weighted by atomic mass is 15.0. The zero-order valence-electron chi connectivity index (χ0n) is 15.2. The maximum absolute atomic E-state index is 5.23. The van der Waals surface area contributed by atoms with Crippen molar-refractivity contribution in [3.05, 3.63) is 96.1 Å². The van der Waals surface area contributed by atoms with E-state index in [4.69, 9.17) is 4.98 Å². The highest BCUT2D eigenvalue weighted by molar-refractivity contribution is 6.14. The fraction of sp³-hybridized carbons (Fsp3) is 0.0385. The Labute approximate surface area is 161 Å². The van der Waals surface area contributed by atoms with Crippen molar-refractivity contribution in [2.24, 2.45) is 0 Å². The number of hydrogen-bond donors (Lipinski definition) is 0. The molecule has 0 aliphatic heterocycles. The summed E-state index contributed by atoms with van der Waals surface area (Å²) in [4.78, 5) is 5.23. The van der Waals surface area contributed by atoms with Crippen molar-refractivity contribution in [2.75, 3.05) is 0 Å². The van der Waals surface area contributed by atoms with Crippen LogP contribution in [0.3, 0.4) is 0 Å². The van der Waals surface area contributed by atoms with Crippen LogP contribution in [0.4, 0.5) is 0 Å². The monoisotopic (exact) mass is 356 g/mol. The minimum absolute atomic E-state index is 0.997. The lowest BCUT2D eigenvalue weighted by atomic mass is 10.0. The van der Waals surface area contributed by atoms with Gasteiger partial charge in [0.1, 0.15) is 5.65 Å². The third-order valence-electron chi connectivity index (χ3n) is 6.18. The average molecular weight is 356 g/mol. The molecule has 0 amide bonds. The Bertz CT molecular complexity index is 1590. The molecule has 2 heterocycles. The van der Waals surface area contributed by atoms with Gasteiger partial charge in [-0.3, -0.25) is 4.40 Å². The Morgan fingerprint density at radius 2 is 1.36 bits per heavy atom. The number of aromatic nitrogens is 2. The van der Waals surface area contributed by atoms with Crippen LogP contribution in [0.1, 0.15) is 11.1 Å². The van der Waals surface area contributed by atoms with Crippen molar-refractivity contribution in [1.29, 1.82) is 0 Å². The molecule has 1 aliphatic carbocycles. The van der Waals surface area contributed by atoms with E-state index in [1.54, 1.807) is 0 Å². The van der Waals surface area contributed by atoms with Gasteiger partial charge < -0.3 is 0 Å². The van der Waals surface area contributed by atoms with E-state index < -0.39 is 0 Å². The van der Waals surface area contributed by atoms with Crippen molar-refractivity contribution in [1.82, 2.24) is 9.38 Å². The standard InChI is InChI=1S/C26H16N2/c1-2-8-18-16(7-1)15-17-13-14-23-25(24(17)18)27-26-21-11-4-3-9-19(21)20-10-5-6-12-22(20)28(23)26/h1-14H,15H2. The molecule has 6 aromatic rings. The van der Waals surface area contributed by atoms with E-state index in [9.17, 15) is 0 Å². The maximum Gasteiger partial charge on any atom is 0.146 e. The number of hydrogen-bond acceptors (Lipinski definition) is 1. The van der Waals surface area contributed by atoms with Crippen molar-refractivity contribution in [3.63, 3.8) is 0 Å². The topological polar surface area (TPSA) is 17.3 Å². The van der Waals surface area contributed by atoms with Crippen LogP contribution in [-0.2, 0) is 6.42 Å². The molecule has 0 fully saturated rings. The third-order valence-corrected chi connectivity index (χ3v) is 6.18. The lowest BCUT2D eigenvalue weighted by Gasteiger charge is -2.08. The molecule has 2 aromatic heterocycles. The number of benzene rings is 4. The Kier molecular flexibility index (Phi) is 2.57. The van der Waals surface area contributed by atoms with Crippen LogP contribution in [-0.4, -0.2) is 9.38 Å². The van der Waals surface area contributed by atoms with Gasteiger partial charge in [0.25, 0.3) is 0 Å². The lowest BCUT2D eigenvalue weighted by molar-refractivity contribution is 1.26. The predicted molar refractivity (Wildman–Crippen MR) is 116 cm³/mol. The normalized spacial score (nSPS) is 12.9.